The van der Waals surface area contributed by atoms with E-state index in [0.717, 1.165) is 13.1 Å². The highest BCUT2D eigenvalue weighted by atomic mass is 35.5. The van der Waals surface area contributed by atoms with Gasteiger partial charge in [0.1, 0.15) is 0 Å². The summed E-state index contributed by atoms with van der Waals surface area (Å²) in [4.78, 5) is 14.5. The first-order valence-corrected chi connectivity index (χ1v) is 7.10. The Labute approximate surface area is 123 Å². The van der Waals surface area contributed by atoms with Gasteiger partial charge in [-0.25, -0.2) is 0 Å². The molecule has 8 heteroatoms. The molecule has 0 saturated carbocycles. The second-order valence-electron chi connectivity index (χ2n) is 5.02. The standard InChI is InChI=1S/C12H20ClN5O2/c1-8(2)9(19)7-14-11-15-10(13)16-12(17-11)18-3-5-20-6-4-18/h8-9,19H,3-7H2,1-2H3,(H,14,15,16,17). The Balaban J connectivity index is 2.04. The van der Waals surface area contributed by atoms with Crippen LogP contribution in [0.2, 0.25) is 5.28 Å². The molecule has 2 rings (SSSR count). The van der Waals surface area contributed by atoms with E-state index in [9.17, 15) is 5.11 Å². The molecule has 0 amide bonds. The second-order valence-corrected chi connectivity index (χ2v) is 5.36. The summed E-state index contributed by atoms with van der Waals surface area (Å²) in [5, 5.41) is 12.9. The Bertz CT molecular complexity index is 440. The molecule has 0 bridgehead atoms. The number of aliphatic hydroxyl groups excluding tert-OH is 1. The van der Waals surface area contributed by atoms with E-state index in [4.69, 9.17) is 16.3 Å². The van der Waals surface area contributed by atoms with Gasteiger partial charge in [-0.05, 0) is 17.5 Å². The van der Waals surface area contributed by atoms with E-state index in [1.54, 1.807) is 0 Å². The van der Waals surface area contributed by atoms with Gasteiger partial charge in [0.25, 0.3) is 0 Å². The van der Waals surface area contributed by atoms with E-state index in [1.807, 2.05) is 18.7 Å². The first kappa shape index (κ1) is 15.2. The molecule has 0 aromatic carbocycles. The van der Waals surface area contributed by atoms with Crippen LogP contribution in [-0.2, 0) is 4.74 Å². The summed E-state index contributed by atoms with van der Waals surface area (Å²) >= 11 is 5.92. The van der Waals surface area contributed by atoms with Crippen molar-refractivity contribution in [3.05, 3.63) is 5.28 Å². The lowest BCUT2D eigenvalue weighted by Crippen LogP contribution is -2.37. The van der Waals surface area contributed by atoms with Crippen LogP contribution >= 0.6 is 11.6 Å². The zero-order valence-corrected chi connectivity index (χ0v) is 12.5. The van der Waals surface area contributed by atoms with Gasteiger partial charge in [0.2, 0.25) is 17.2 Å². The quantitative estimate of drug-likeness (QED) is 0.832. The van der Waals surface area contributed by atoms with Crippen LogP contribution in [0.4, 0.5) is 11.9 Å². The van der Waals surface area contributed by atoms with Gasteiger partial charge in [-0.2, -0.15) is 15.0 Å². The summed E-state index contributed by atoms with van der Waals surface area (Å²) < 4.78 is 5.29. The van der Waals surface area contributed by atoms with E-state index in [0.29, 0.717) is 31.7 Å². The van der Waals surface area contributed by atoms with Crippen molar-refractivity contribution in [1.82, 2.24) is 15.0 Å². The maximum Gasteiger partial charge on any atom is 0.231 e. The Hall–Kier alpha value is -1.18. The highest BCUT2D eigenvalue weighted by Gasteiger charge is 2.16. The third kappa shape index (κ3) is 4.16. The first-order chi connectivity index (χ1) is 9.56. The Morgan fingerprint density at radius 3 is 2.65 bits per heavy atom. The number of aliphatic hydroxyl groups is 1. The van der Waals surface area contributed by atoms with Crippen molar-refractivity contribution in [2.75, 3.05) is 43.1 Å². The average molecular weight is 302 g/mol. The van der Waals surface area contributed by atoms with E-state index in [2.05, 4.69) is 20.3 Å². The Morgan fingerprint density at radius 1 is 1.30 bits per heavy atom. The smallest absolute Gasteiger partial charge is 0.231 e. The van der Waals surface area contributed by atoms with Crippen molar-refractivity contribution < 1.29 is 9.84 Å². The highest BCUT2D eigenvalue weighted by molar-refractivity contribution is 6.28. The zero-order valence-electron chi connectivity index (χ0n) is 11.7. The van der Waals surface area contributed by atoms with Gasteiger partial charge < -0.3 is 20.1 Å². The zero-order chi connectivity index (χ0) is 14.5. The lowest BCUT2D eigenvalue weighted by molar-refractivity contribution is 0.122. The minimum Gasteiger partial charge on any atom is -0.391 e. The molecule has 2 heterocycles. The fourth-order valence-corrected chi connectivity index (χ4v) is 1.91. The summed E-state index contributed by atoms with van der Waals surface area (Å²) in [5.41, 5.74) is 0. The van der Waals surface area contributed by atoms with Crippen molar-refractivity contribution in [1.29, 1.82) is 0 Å². The molecule has 2 N–H and O–H groups in total. The first-order valence-electron chi connectivity index (χ1n) is 6.72. The monoisotopic (exact) mass is 301 g/mol. The molecule has 1 unspecified atom stereocenters. The number of nitrogens with one attached hydrogen (secondary N) is 1. The van der Waals surface area contributed by atoms with Crippen molar-refractivity contribution in [3.8, 4) is 0 Å². The SMILES string of the molecule is CC(C)C(O)CNc1nc(Cl)nc(N2CCOCC2)n1. The fraction of sp³-hybridized carbons (Fsp3) is 0.750. The van der Waals surface area contributed by atoms with Crippen LogP contribution < -0.4 is 10.2 Å². The molecule has 0 radical (unpaired) electrons. The number of anilines is 2. The molecule has 1 aliphatic heterocycles. The third-order valence-electron chi connectivity index (χ3n) is 3.13. The molecule has 20 heavy (non-hydrogen) atoms. The molecule has 1 atom stereocenters. The Kier molecular flexibility index (Phi) is 5.33. The summed E-state index contributed by atoms with van der Waals surface area (Å²) in [7, 11) is 0. The van der Waals surface area contributed by atoms with E-state index in [-0.39, 0.29) is 11.2 Å². The number of aromatic nitrogens is 3. The minimum atomic E-state index is -0.461. The average Bonchev–Trinajstić information content (AvgIpc) is 2.45. The summed E-state index contributed by atoms with van der Waals surface area (Å²) in [5.74, 6) is 1.08. The maximum atomic E-state index is 9.78. The van der Waals surface area contributed by atoms with Crippen LogP contribution in [0.1, 0.15) is 13.8 Å². The van der Waals surface area contributed by atoms with Gasteiger partial charge in [0, 0.05) is 19.6 Å². The van der Waals surface area contributed by atoms with Gasteiger partial charge in [-0.1, -0.05) is 13.8 Å². The van der Waals surface area contributed by atoms with E-state index >= 15 is 0 Å². The Morgan fingerprint density at radius 2 is 2.00 bits per heavy atom. The van der Waals surface area contributed by atoms with Crippen LogP contribution in [-0.4, -0.2) is 59.0 Å². The molecular weight excluding hydrogens is 282 g/mol. The molecule has 1 aromatic rings. The topological polar surface area (TPSA) is 83.4 Å². The lowest BCUT2D eigenvalue weighted by atomic mass is 10.1. The van der Waals surface area contributed by atoms with Gasteiger partial charge in [0.05, 0.1) is 19.3 Å². The van der Waals surface area contributed by atoms with Crippen molar-refractivity contribution in [3.63, 3.8) is 0 Å². The minimum absolute atomic E-state index is 0.142. The van der Waals surface area contributed by atoms with E-state index < -0.39 is 6.10 Å². The number of hydrogen-bond acceptors (Lipinski definition) is 7. The van der Waals surface area contributed by atoms with Crippen LogP contribution in [0.15, 0.2) is 0 Å². The van der Waals surface area contributed by atoms with Crippen molar-refractivity contribution in [2.24, 2.45) is 5.92 Å². The second kappa shape index (κ2) is 7.01. The largest absolute Gasteiger partial charge is 0.391 e. The summed E-state index contributed by atoms with van der Waals surface area (Å²) in [6.07, 6.45) is -0.461. The predicted octanol–water partition coefficient (Wildman–Crippen LogP) is 0.790. The van der Waals surface area contributed by atoms with Crippen LogP contribution in [0.25, 0.3) is 0 Å². The highest BCUT2D eigenvalue weighted by Crippen LogP contribution is 2.15. The third-order valence-corrected chi connectivity index (χ3v) is 3.30. The van der Waals surface area contributed by atoms with E-state index in [1.165, 1.54) is 0 Å². The molecule has 1 aromatic heterocycles. The molecular formula is C12H20ClN5O2. The number of morpholine rings is 1. The normalized spacial score (nSPS) is 17.4. The predicted molar refractivity (Wildman–Crippen MR) is 77.2 cm³/mol. The van der Waals surface area contributed by atoms with Gasteiger partial charge in [0.15, 0.2) is 0 Å². The van der Waals surface area contributed by atoms with Gasteiger partial charge >= 0.3 is 0 Å². The molecule has 0 aliphatic carbocycles. The number of hydrogen-bond donors (Lipinski definition) is 2. The number of ether oxygens (including phenoxy) is 1. The molecule has 0 spiro atoms. The van der Waals surface area contributed by atoms with Crippen molar-refractivity contribution >= 4 is 23.5 Å². The number of halogens is 1. The summed E-state index contributed by atoms with van der Waals surface area (Å²) in [6.45, 7) is 7.04. The van der Waals surface area contributed by atoms with Gasteiger partial charge in [-0.3, -0.25) is 0 Å². The molecule has 112 valence electrons. The molecule has 1 aliphatic rings. The van der Waals surface area contributed by atoms with Crippen LogP contribution in [0.3, 0.4) is 0 Å². The summed E-state index contributed by atoms with van der Waals surface area (Å²) in [6, 6.07) is 0. The fourth-order valence-electron chi connectivity index (χ4n) is 1.76. The number of rotatable bonds is 5. The molecule has 7 nitrogen and oxygen atoms in total. The van der Waals surface area contributed by atoms with Crippen LogP contribution in [0, 0.1) is 5.92 Å². The molecule has 1 fully saturated rings. The van der Waals surface area contributed by atoms with Crippen molar-refractivity contribution in [2.45, 2.75) is 20.0 Å². The number of nitrogens with zero attached hydrogens (tertiary/aromatic N) is 4. The van der Waals surface area contributed by atoms with Gasteiger partial charge in [-0.15, -0.1) is 0 Å². The van der Waals surface area contributed by atoms with Crippen LogP contribution in [0.5, 0.6) is 0 Å². The lowest BCUT2D eigenvalue weighted by Gasteiger charge is -2.26. The molecule has 1 saturated heterocycles. The maximum absolute atomic E-state index is 9.78.